The van der Waals surface area contributed by atoms with Crippen molar-refractivity contribution in [2.24, 2.45) is 0 Å². The molecule has 2 aromatic carbocycles. The van der Waals surface area contributed by atoms with Crippen molar-refractivity contribution >= 4 is 11.6 Å². The van der Waals surface area contributed by atoms with Crippen molar-refractivity contribution in [1.82, 2.24) is 5.32 Å². The summed E-state index contributed by atoms with van der Waals surface area (Å²) in [6.45, 7) is 6.51. The van der Waals surface area contributed by atoms with Crippen LogP contribution in [0.25, 0.3) is 0 Å². The van der Waals surface area contributed by atoms with Gasteiger partial charge in [-0.1, -0.05) is 48.9 Å². The summed E-state index contributed by atoms with van der Waals surface area (Å²) in [5.74, 6) is 0. The van der Waals surface area contributed by atoms with E-state index in [-0.39, 0.29) is 6.04 Å². The smallest absolute Gasteiger partial charge is 0.0725 e. The fourth-order valence-electron chi connectivity index (χ4n) is 2.85. The van der Waals surface area contributed by atoms with Gasteiger partial charge < -0.3 is 10.1 Å². The lowest BCUT2D eigenvalue weighted by molar-refractivity contribution is 0.134. The lowest BCUT2D eigenvalue weighted by Crippen LogP contribution is -2.22. The molecular weight excluding hydrogens is 282 g/mol. The molecule has 0 aromatic heterocycles. The van der Waals surface area contributed by atoms with Crippen molar-refractivity contribution in [1.29, 1.82) is 0 Å². The Morgan fingerprint density at radius 2 is 1.95 bits per heavy atom. The molecule has 0 radical (unpaired) electrons. The third-order valence-corrected chi connectivity index (χ3v) is 4.28. The van der Waals surface area contributed by atoms with Crippen LogP contribution in [0.2, 0.25) is 5.02 Å². The van der Waals surface area contributed by atoms with Gasteiger partial charge in [0, 0.05) is 5.02 Å². The fraction of sp³-hybridized carbons (Fsp3) is 0.333. The van der Waals surface area contributed by atoms with Gasteiger partial charge >= 0.3 is 0 Å². The van der Waals surface area contributed by atoms with Crippen LogP contribution in [-0.2, 0) is 18.0 Å². The predicted octanol–water partition coefficient (Wildman–Crippen LogP) is 4.38. The van der Waals surface area contributed by atoms with E-state index in [1.54, 1.807) is 0 Å². The number of aryl methyl sites for hydroxylation is 1. The first kappa shape index (κ1) is 14.6. The number of hydrogen-bond acceptors (Lipinski definition) is 2. The average molecular weight is 302 g/mol. The molecule has 1 atom stereocenters. The number of benzene rings is 2. The van der Waals surface area contributed by atoms with Gasteiger partial charge in [0.05, 0.1) is 19.3 Å². The first-order chi connectivity index (χ1) is 10.2. The van der Waals surface area contributed by atoms with E-state index in [0.29, 0.717) is 6.61 Å². The van der Waals surface area contributed by atoms with E-state index < -0.39 is 0 Å². The van der Waals surface area contributed by atoms with E-state index in [0.717, 1.165) is 23.7 Å². The average Bonchev–Trinajstić information content (AvgIpc) is 2.93. The summed E-state index contributed by atoms with van der Waals surface area (Å²) in [7, 11) is 0. The minimum atomic E-state index is 0.119. The molecule has 1 N–H and O–H groups in total. The summed E-state index contributed by atoms with van der Waals surface area (Å²) in [5, 5.41) is 4.36. The molecular formula is C18H20ClNO. The maximum absolute atomic E-state index is 6.46. The van der Waals surface area contributed by atoms with Crippen LogP contribution < -0.4 is 5.32 Å². The standard InChI is InChI=1S/C18H20ClNO/c1-3-20-18(16-7-4-12(2)8-17(16)19)13-5-6-14-10-21-11-15(14)9-13/h4-9,18,20H,3,10-11H2,1-2H3. The van der Waals surface area contributed by atoms with Crippen molar-refractivity contribution in [3.05, 3.63) is 69.2 Å². The van der Waals surface area contributed by atoms with E-state index in [1.807, 2.05) is 6.07 Å². The summed E-state index contributed by atoms with van der Waals surface area (Å²) in [5.41, 5.74) is 6.14. The molecule has 1 aliphatic rings. The summed E-state index contributed by atoms with van der Waals surface area (Å²) in [6, 6.07) is 13.0. The molecule has 3 rings (SSSR count). The van der Waals surface area contributed by atoms with Crippen LogP contribution in [0.5, 0.6) is 0 Å². The van der Waals surface area contributed by atoms with Gasteiger partial charge in [0.2, 0.25) is 0 Å². The van der Waals surface area contributed by atoms with Crippen LogP contribution in [0, 0.1) is 6.92 Å². The molecule has 0 aliphatic carbocycles. The van der Waals surface area contributed by atoms with Gasteiger partial charge in [-0.25, -0.2) is 0 Å². The number of rotatable bonds is 4. The van der Waals surface area contributed by atoms with Crippen LogP contribution >= 0.6 is 11.6 Å². The number of fused-ring (bicyclic) bond motifs is 1. The van der Waals surface area contributed by atoms with Crippen LogP contribution in [0.15, 0.2) is 36.4 Å². The molecule has 0 amide bonds. The van der Waals surface area contributed by atoms with E-state index in [9.17, 15) is 0 Å². The zero-order valence-electron chi connectivity index (χ0n) is 12.4. The number of hydrogen-bond donors (Lipinski definition) is 1. The Morgan fingerprint density at radius 1 is 1.14 bits per heavy atom. The van der Waals surface area contributed by atoms with Gasteiger partial charge in [-0.3, -0.25) is 0 Å². The molecule has 1 unspecified atom stereocenters. The predicted molar refractivity (Wildman–Crippen MR) is 86.6 cm³/mol. The maximum Gasteiger partial charge on any atom is 0.0725 e. The molecule has 0 saturated carbocycles. The van der Waals surface area contributed by atoms with Crippen LogP contribution in [0.4, 0.5) is 0 Å². The van der Waals surface area contributed by atoms with Gasteiger partial charge in [0.1, 0.15) is 0 Å². The minimum absolute atomic E-state index is 0.119. The Hall–Kier alpha value is -1.35. The summed E-state index contributed by atoms with van der Waals surface area (Å²) in [6.07, 6.45) is 0. The van der Waals surface area contributed by atoms with Gasteiger partial charge in [-0.2, -0.15) is 0 Å². The maximum atomic E-state index is 6.46. The molecule has 1 aliphatic heterocycles. The number of nitrogens with one attached hydrogen (secondary N) is 1. The number of halogens is 1. The Kier molecular flexibility index (Phi) is 4.29. The van der Waals surface area contributed by atoms with Gasteiger partial charge in [0.15, 0.2) is 0 Å². The van der Waals surface area contributed by atoms with Gasteiger partial charge in [0.25, 0.3) is 0 Å². The summed E-state index contributed by atoms with van der Waals surface area (Å²) in [4.78, 5) is 0. The summed E-state index contributed by atoms with van der Waals surface area (Å²) < 4.78 is 5.51. The van der Waals surface area contributed by atoms with E-state index >= 15 is 0 Å². The Labute approximate surface area is 131 Å². The Bertz CT molecular complexity index is 654. The first-order valence-corrected chi connectivity index (χ1v) is 7.75. The highest BCUT2D eigenvalue weighted by atomic mass is 35.5. The molecule has 0 bridgehead atoms. The molecule has 110 valence electrons. The third kappa shape index (κ3) is 2.98. The zero-order valence-corrected chi connectivity index (χ0v) is 13.2. The molecule has 21 heavy (non-hydrogen) atoms. The second-order valence-corrected chi connectivity index (χ2v) is 5.94. The largest absolute Gasteiger partial charge is 0.372 e. The SMILES string of the molecule is CCNC(c1ccc2c(c1)COC2)c1ccc(C)cc1Cl. The van der Waals surface area contributed by atoms with Gasteiger partial charge in [-0.05, 0) is 47.4 Å². The monoisotopic (exact) mass is 301 g/mol. The second-order valence-electron chi connectivity index (χ2n) is 5.54. The first-order valence-electron chi connectivity index (χ1n) is 7.38. The Morgan fingerprint density at radius 3 is 2.71 bits per heavy atom. The van der Waals surface area contributed by atoms with Gasteiger partial charge in [-0.15, -0.1) is 0 Å². The van der Waals surface area contributed by atoms with Crippen LogP contribution in [-0.4, -0.2) is 6.54 Å². The molecule has 0 saturated heterocycles. The van der Waals surface area contributed by atoms with Crippen molar-refractivity contribution < 1.29 is 4.74 Å². The van der Waals surface area contributed by atoms with Crippen molar-refractivity contribution in [3.63, 3.8) is 0 Å². The fourth-order valence-corrected chi connectivity index (χ4v) is 3.19. The van der Waals surface area contributed by atoms with E-state index in [4.69, 9.17) is 16.3 Å². The molecule has 0 fully saturated rings. The molecule has 2 nitrogen and oxygen atoms in total. The van der Waals surface area contributed by atoms with E-state index in [1.165, 1.54) is 22.3 Å². The normalized spacial score (nSPS) is 15.0. The highest BCUT2D eigenvalue weighted by molar-refractivity contribution is 6.31. The van der Waals surface area contributed by atoms with E-state index in [2.05, 4.69) is 49.5 Å². The third-order valence-electron chi connectivity index (χ3n) is 3.95. The summed E-state index contributed by atoms with van der Waals surface area (Å²) >= 11 is 6.46. The van der Waals surface area contributed by atoms with Crippen molar-refractivity contribution in [2.75, 3.05) is 6.54 Å². The molecule has 3 heteroatoms. The van der Waals surface area contributed by atoms with Crippen LogP contribution in [0.3, 0.4) is 0 Å². The van der Waals surface area contributed by atoms with Crippen LogP contribution in [0.1, 0.15) is 40.8 Å². The van der Waals surface area contributed by atoms with Crippen molar-refractivity contribution in [3.8, 4) is 0 Å². The second kappa shape index (κ2) is 6.18. The molecule has 0 spiro atoms. The highest BCUT2D eigenvalue weighted by Crippen LogP contribution is 2.31. The highest BCUT2D eigenvalue weighted by Gasteiger charge is 2.19. The lowest BCUT2D eigenvalue weighted by Gasteiger charge is -2.21. The van der Waals surface area contributed by atoms with Crippen molar-refractivity contribution in [2.45, 2.75) is 33.1 Å². The number of ether oxygens (including phenoxy) is 1. The molecule has 2 aromatic rings. The lowest BCUT2D eigenvalue weighted by atomic mass is 9.95. The quantitative estimate of drug-likeness (QED) is 0.905. The molecule has 1 heterocycles. The minimum Gasteiger partial charge on any atom is -0.372 e. The Balaban J connectivity index is 2.01. The topological polar surface area (TPSA) is 21.3 Å². The zero-order chi connectivity index (χ0) is 14.8.